The summed E-state index contributed by atoms with van der Waals surface area (Å²) in [6.07, 6.45) is 0.0743. The van der Waals surface area contributed by atoms with Crippen molar-refractivity contribution in [2.75, 3.05) is 20.7 Å². The van der Waals surface area contributed by atoms with E-state index in [2.05, 4.69) is 5.32 Å². The van der Waals surface area contributed by atoms with Gasteiger partial charge in [0.1, 0.15) is 0 Å². The molecular formula is C14H20N2O3. The minimum absolute atomic E-state index is 0.0351. The fourth-order valence-corrected chi connectivity index (χ4v) is 2.18. The van der Waals surface area contributed by atoms with E-state index in [-0.39, 0.29) is 18.2 Å². The topological polar surface area (TPSA) is 50.8 Å². The van der Waals surface area contributed by atoms with Crippen LogP contribution in [-0.4, -0.2) is 37.7 Å². The molecule has 0 saturated carbocycles. The molecule has 1 N–H and O–H groups in total. The van der Waals surface area contributed by atoms with E-state index in [0.717, 1.165) is 5.56 Å². The molecule has 19 heavy (non-hydrogen) atoms. The van der Waals surface area contributed by atoms with E-state index in [0.29, 0.717) is 18.0 Å². The number of nitrogens with one attached hydrogen (secondary N) is 1. The van der Waals surface area contributed by atoms with Crippen molar-refractivity contribution >= 4 is 6.03 Å². The molecular weight excluding hydrogens is 244 g/mol. The van der Waals surface area contributed by atoms with Gasteiger partial charge in [-0.2, -0.15) is 0 Å². The average molecular weight is 264 g/mol. The van der Waals surface area contributed by atoms with Gasteiger partial charge in [0.05, 0.1) is 19.3 Å². The number of carbonyl (C=O) groups excluding carboxylic acids is 1. The summed E-state index contributed by atoms with van der Waals surface area (Å²) in [5, 5.41) is 2.82. The zero-order valence-electron chi connectivity index (χ0n) is 11.8. The smallest absolute Gasteiger partial charge is 0.317 e. The molecule has 0 aliphatic carbocycles. The molecule has 104 valence electrons. The lowest BCUT2D eigenvalue weighted by Gasteiger charge is -2.20. The lowest BCUT2D eigenvalue weighted by Crippen LogP contribution is -2.25. The molecule has 1 atom stereocenters. The van der Waals surface area contributed by atoms with Crippen LogP contribution in [-0.2, 0) is 0 Å². The summed E-state index contributed by atoms with van der Waals surface area (Å²) < 4.78 is 11.0. The lowest BCUT2D eigenvalue weighted by molar-refractivity contribution is 0.215. The third-order valence-corrected chi connectivity index (χ3v) is 3.17. The number of hydrogen-bond acceptors (Lipinski definition) is 3. The molecule has 0 aromatic heterocycles. The fourth-order valence-electron chi connectivity index (χ4n) is 2.18. The lowest BCUT2D eigenvalue weighted by atomic mass is 10.1. The number of methoxy groups -OCH3 is 1. The van der Waals surface area contributed by atoms with Crippen molar-refractivity contribution < 1.29 is 14.3 Å². The van der Waals surface area contributed by atoms with Crippen LogP contribution in [0.1, 0.15) is 25.5 Å². The second kappa shape index (κ2) is 5.38. The Morgan fingerprint density at radius 2 is 2.11 bits per heavy atom. The fraction of sp³-hybridized carbons (Fsp3) is 0.500. The number of carbonyl (C=O) groups is 1. The van der Waals surface area contributed by atoms with Crippen LogP contribution in [0.25, 0.3) is 0 Å². The van der Waals surface area contributed by atoms with Crippen LogP contribution in [0, 0.1) is 0 Å². The van der Waals surface area contributed by atoms with E-state index >= 15 is 0 Å². The van der Waals surface area contributed by atoms with Crippen molar-refractivity contribution in [3.63, 3.8) is 0 Å². The summed E-state index contributed by atoms with van der Waals surface area (Å²) in [5.41, 5.74) is 1.04. The number of likely N-dealkylation sites (N-methyl/N-ethyl adjacent to an activating group) is 1. The van der Waals surface area contributed by atoms with Crippen LogP contribution in [0.5, 0.6) is 11.5 Å². The van der Waals surface area contributed by atoms with Gasteiger partial charge in [-0.3, -0.25) is 0 Å². The molecule has 0 radical (unpaired) electrons. The van der Waals surface area contributed by atoms with Gasteiger partial charge in [0.15, 0.2) is 11.5 Å². The zero-order chi connectivity index (χ0) is 14.0. The molecule has 1 heterocycles. The first-order valence-corrected chi connectivity index (χ1v) is 6.38. The molecule has 1 aromatic carbocycles. The van der Waals surface area contributed by atoms with Crippen LogP contribution in [0.4, 0.5) is 4.79 Å². The Kier molecular flexibility index (Phi) is 3.83. The number of urea groups is 1. The highest BCUT2D eigenvalue weighted by Crippen LogP contribution is 2.33. The van der Waals surface area contributed by atoms with Crippen LogP contribution in [0.3, 0.4) is 0 Å². The van der Waals surface area contributed by atoms with Crippen molar-refractivity contribution in [3.05, 3.63) is 23.8 Å². The van der Waals surface area contributed by atoms with Crippen LogP contribution in [0.2, 0.25) is 0 Å². The van der Waals surface area contributed by atoms with Gasteiger partial charge < -0.3 is 19.7 Å². The molecule has 5 nitrogen and oxygen atoms in total. The largest absolute Gasteiger partial charge is 0.493 e. The van der Waals surface area contributed by atoms with Gasteiger partial charge in [0.2, 0.25) is 0 Å². The highest BCUT2D eigenvalue weighted by atomic mass is 16.5. The Balaban J connectivity index is 2.29. The van der Waals surface area contributed by atoms with E-state index in [9.17, 15) is 4.79 Å². The third-order valence-electron chi connectivity index (χ3n) is 3.17. The number of amides is 2. The minimum atomic E-state index is -0.0489. The zero-order valence-corrected chi connectivity index (χ0v) is 11.8. The summed E-state index contributed by atoms with van der Waals surface area (Å²) in [7, 11) is 3.41. The molecule has 1 aliphatic heterocycles. The molecule has 1 saturated heterocycles. The van der Waals surface area contributed by atoms with E-state index in [1.807, 2.05) is 32.0 Å². The van der Waals surface area contributed by atoms with Gasteiger partial charge in [-0.1, -0.05) is 6.07 Å². The molecule has 0 bridgehead atoms. The maximum absolute atomic E-state index is 11.5. The third kappa shape index (κ3) is 2.75. The van der Waals surface area contributed by atoms with Gasteiger partial charge in [-0.25, -0.2) is 4.79 Å². The van der Waals surface area contributed by atoms with Gasteiger partial charge in [0, 0.05) is 13.6 Å². The molecule has 5 heteroatoms. The summed E-state index contributed by atoms with van der Waals surface area (Å²) in [5.74, 6) is 1.42. The summed E-state index contributed by atoms with van der Waals surface area (Å²) in [4.78, 5) is 13.2. The molecule has 1 fully saturated rings. The molecule has 1 unspecified atom stereocenters. The predicted molar refractivity (Wildman–Crippen MR) is 72.7 cm³/mol. The average Bonchev–Trinajstić information content (AvgIpc) is 2.69. The van der Waals surface area contributed by atoms with Crippen LogP contribution < -0.4 is 14.8 Å². The molecule has 1 aromatic rings. The summed E-state index contributed by atoms with van der Waals surface area (Å²) in [6.45, 7) is 4.56. The monoisotopic (exact) mass is 264 g/mol. The van der Waals surface area contributed by atoms with E-state index < -0.39 is 0 Å². The molecule has 2 amide bonds. The highest BCUT2D eigenvalue weighted by Gasteiger charge is 2.29. The van der Waals surface area contributed by atoms with Gasteiger partial charge in [-0.05, 0) is 31.5 Å². The Bertz CT molecular complexity index is 474. The Hall–Kier alpha value is -1.91. The molecule has 1 aliphatic rings. The number of benzene rings is 1. The van der Waals surface area contributed by atoms with Gasteiger partial charge >= 0.3 is 6.03 Å². The quantitative estimate of drug-likeness (QED) is 0.906. The maximum Gasteiger partial charge on any atom is 0.317 e. The highest BCUT2D eigenvalue weighted by molar-refractivity contribution is 5.77. The standard InChI is InChI=1S/C14H20N2O3/c1-9(2)19-13-7-10(5-6-12(13)18-4)11-8-15-14(17)16(11)3/h5-7,9,11H,8H2,1-4H3,(H,15,17). The Labute approximate surface area is 113 Å². The van der Waals surface area contributed by atoms with Crippen molar-refractivity contribution in [3.8, 4) is 11.5 Å². The molecule has 2 rings (SSSR count). The van der Waals surface area contributed by atoms with Gasteiger partial charge in [-0.15, -0.1) is 0 Å². The first-order chi connectivity index (χ1) is 9.02. The van der Waals surface area contributed by atoms with E-state index in [1.165, 1.54) is 0 Å². The number of nitrogens with zero attached hydrogens (tertiary/aromatic N) is 1. The van der Waals surface area contributed by atoms with Crippen molar-refractivity contribution in [1.29, 1.82) is 0 Å². The Morgan fingerprint density at radius 3 is 2.63 bits per heavy atom. The van der Waals surface area contributed by atoms with Crippen molar-refractivity contribution in [2.45, 2.75) is 26.0 Å². The summed E-state index contributed by atoms with van der Waals surface area (Å²) >= 11 is 0. The SMILES string of the molecule is COc1ccc(C2CNC(=O)N2C)cc1OC(C)C. The Morgan fingerprint density at radius 1 is 1.37 bits per heavy atom. The minimum Gasteiger partial charge on any atom is -0.493 e. The first-order valence-electron chi connectivity index (χ1n) is 6.38. The maximum atomic E-state index is 11.5. The van der Waals surface area contributed by atoms with Crippen LogP contribution >= 0.6 is 0 Å². The number of hydrogen-bond donors (Lipinski definition) is 1. The van der Waals surface area contributed by atoms with Crippen LogP contribution in [0.15, 0.2) is 18.2 Å². The second-order valence-corrected chi connectivity index (χ2v) is 4.89. The predicted octanol–water partition coefficient (Wildman–Crippen LogP) is 2.18. The summed E-state index contributed by atoms with van der Waals surface area (Å²) in [6, 6.07) is 5.78. The second-order valence-electron chi connectivity index (χ2n) is 4.89. The number of ether oxygens (including phenoxy) is 2. The van der Waals surface area contributed by atoms with Crippen molar-refractivity contribution in [1.82, 2.24) is 10.2 Å². The normalized spacial score (nSPS) is 18.7. The first kappa shape index (κ1) is 13.5. The number of rotatable bonds is 4. The van der Waals surface area contributed by atoms with Crippen molar-refractivity contribution in [2.24, 2.45) is 0 Å². The van der Waals surface area contributed by atoms with E-state index in [1.54, 1.807) is 19.1 Å². The van der Waals surface area contributed by atoms with Gasteiger partial charge in [0.25, 0.3) is 0 Å². The van der Waals surface area contributed by atoms with E-state index in [4.69, 9.17) is 9.47 Å². The molecule has 0 spiro atoms.